The largest absolute Gasteiger partial charge is 0.484 e. The molecule has 2 fully saturated rings. The van der Waals surface area contributed by atoms with Crippen LogP contribution in [0.2, 0.25) is 0 Å². The number of rotatable bonds is 9. The first-order valence-corrected chi connectivity index (χ1v) is 11.6. The van der Waals surface area contributed by atoms with Crippen LogP contribution in [-0.4, -0.2) is 65.4 Å². The summed E-state index contributed by atoms with van der Waals surface area (Å²) in [5, 5.41) is 10.7. The van der Waals surface area contributed by atoms with Gasteiger partial charge in [0.2, 0.25) is 0 Å². The second kappa shape index (κ2) is 10.5. The molecule has 2 aromatic rings. The molecule has 8 heteroatoms. The monoisotopic (exact) mass is 438 g/mol. The third-order valence-electron chi connectivity index (χ3n) is 5.92. The number of guanidine groups is 1. The minimum Gasteiger partial charge on any atom is -0.484 e. The maximum absolute atomic E-state index is 11.7. The number of carbonyl (C=O) groups excluding carboxylic acids is 1. The molecule has 0 bridgehead atoms. The van der Waals surface area contributed by atoms with Gasteiger partial charge in [0.1, 0.15) is 5.75 Å². The molecule has 1 amide bonds. The predicted molar refractivity (Wildman–Crippen MR) is 125 cm³/mol. The Morgan fingerprint density at radius 3 is 2.75 bits per heavy atom. The maximum atomic E-state index is 11.7. The summed E-state index contributed by atoms with van der Waals surface area (Å²) in [4.78, 5) is 19.0. The van der Waals surface area contributed by atoms with Crippen LogP contribution in [-0.2, 0) is 18.3 Å². The van der Waals surface area contributed by atoms with Crippen molar-refractivity contribution in [3.63, 3.8) is 0 Å². The molecule has 2 heterocycles. The van der Waals surface area contributed by atoms with E-state index in [1.54, 1.807) is 0 Å². The summed E-state index contributed by atoms with van der Waals surface area (Å²) in [6.45, 7) is 5.73. The van der Waals surface area contributed by atoms with Crippen LogP contribution in [0, 0.1) is 0 Å². The third kappa shape index (κ3) is 6.24. The molecule has 172 valence electrons. The van der Waals surface area contributed by atoms with Crippen LogP contribution >= 0.6 is 0 Å². The minimum absolute atomic E-state index is 0.0467. The van der Waals surface area contributed by atoms with Crippen molar-refractivity contribution in [2.75, 3.05) is 32.8 Å². The van der Waals surface area contributed by atoms with Crippen LogP contribution in [0.5, 0.6) is 5.75 Å². The van der Waals surface area contributed by atoms with E-state index in [9.17, 15) is 4.79 Å². The van der Waals surface area contributed by atoms with Gasteiger partial charge in [-0.05, 0) is 55.9 Å². The zero-order chi connectivity index (χ0) is 22.3. The van der Waals surface area contributed by atoms with E-state index in [2.05, 4.69) is 33.8 Å². The molecule has 8 nitrogen and oxygen atoms in total. The fraction of sp³-hybridized carbons (Fsp3) is 0.542. The molecule has 1 atom stereocenters. The van der Waals surface area contributed by atoms with Crippen LogP contribution in [0.4, 0.5) is 0 Å². The van der Waals surface area contributed by atoms with Gasteiger partial charge in [0.15, 0.2) is 12.6 Å². The van der Waals surface area contributed by atoms with Crippen LogP contribution in [0.3, 0.4) is 0 Å². The molecule has 1 unspecified atom stereocenters. The number of benzene rings is 1. The van der Waals surface area contributed by atoms with Crippen LogP contribution in [0.15, 0.2) is 41.7 Å². The SMILES string of the molecule is CCNC(=NCCc1ccc(OCC(=O)NC2CC2)cc1)N1CCC(c2cnn(C)c2)C1. The summed E-state index contributed by atoms with van der Waals surface area (Å²) >= 11 is 0. The number of aliphatic imine (C=N–C) groups is 1. The van der Waals surface area contributed by atoms with Gasteiger partial charge in [-0.1, -0.05) is 12.1 Å². The normalized spacial score (nSPS) is 18.6. The number of aryl methyl sites for hydroxylation is 1. The van der Waals surface area contributed by atoms with Crippen molar-refractivity contribution in [3.05, 3.63) is 47.8 Å². The molecule has 2 N–H and O–H groups in total. The second-order valence-corrected chi connectivity index (χ2v) is 8.64. The Hall–Kier alpha value is -3.03. The predicted octanol–water partition coefficient (Wildman–Crippen LogP) is 2.07. The van der Waals surface area contributed by atoms with Crippen molar-refractivity contribution >= 4 is 11.9 Å². The number of hydrogen-bond donors (Lipinski definition) is 2. The number of aromatic nitrogens is 2. The van der Waals surface area contributed by atoms with Crippen molar-refractivity contribution in [1.29, 1.82) is 0 Å². The van der Waals surface area contributed by atoms with Gasteiger partial charge >= 0.3 is 0 Å². The molecule has 1 aliphatic carbocycles. The number of carbonyl (C=O) groups is 1. The lowest BCUT2D eigenvalue weighted by molar-refractivity contribution is -0.123. The first-order chi connectivity index (χ1) is 15.6. The minimum atomic E-state index is -0.0467. The van der Waals surface area contributed by atoms with E-state index in [0.29, 0.717) is 12.0 Å². The molecule has 1 saturated heterocycles. The first-order valence-electron chi connectivity index (χ1n) is 11.6. The zero-order valence-corrected chi connectivity index (χ0v) is 19.1. The highest BCUT2D eigenvalue weighted by molar-refractivity contribution is 5.80. The summed E-state index contributed by atoms with van der Waals surface area (Å²) in [6, 6.07) is 8.31. The first kappa shape index (κ1) is 22.2. The molecule has 1 aliphatic heterocycles. The van der Waals surface area contributed by atoms with Gasteiger partial charge in [-0.3, -0.25) is 14.5 Å². The number of likely N-dealkylation sites (tertiary alicyclic amines) is 1. The van der Waals surface area contributed by atoms with E-state index in [1.807, 2.05) is 42.2 Å². The number of nitrogens with zero attached hydrogens (tertiary/aromatic N) is 4. The quantitative estimate of drug-likeness (QED) is 0.463. The van der Waals surface area contributed by atoms with Gasteiger partial charge < -0.3 is 20.3 Å². The molecule has 1 saturated carbocycles. The Morgan fingerprint density at radius 2 is 2.06 bits per heavy atom. The van der Waals surface area contributed by atoms with Crippen molar-refractivity contribution in [2.45, 2.75) is 44.6 Å². The molecule has 32 heavy (non-hydrogen) atoms. The Kier molecular flexibility index (Phi) is 7.29. The Balaban J connectivity index is 1.25. The fourth-order valence-electron chi connectivity index (χ4n) is 3.99. The van der Waals surface area contributed by atoms with Gasteiger partial charge in [-0.2, -0.15) is 5.10 Å². The van der Waals surface area contributed by atoms with E-state index in [-0.39, 0.29) is 12.5 Å². The highest BCUT2D eigenvalue weighted by atomic mass is 16.5. The number of ether oxygens (including phenoxy) is 1. The molecular formula is C24H34N6O2. The van der Waals surface area contributed by atoms with Crippen molar-refractivity contribution in [2.24, 2.45) is 12.0 Å². The van der Waals surface area contributed by atoms with Gasteiger partial charge in [0.05, 0.1) is 6.20 Å². The van der Waals surface area contributed by atoms with Gasteiger partial charge in [0, 0.05) is 51.4 Å². The van der Waals surface area contributed by atoms with E-state index in [4.69, 9.17) is 9.73 Å². The third-order valence-corrected chi connectivity index (χ3v) is 5.92. The summed E-state index contributed by atoms with van der Waals surface area (Å²) < 4.78 is 7.45. The molecule has 2 aliphatic rings. The Bertz CT molecular complexity index is 919. The average Bonchev–Trinajstić information content (AvgIpc) is 3.28. The highest BCUT2D eigenvalue weighted by Gasteiger charge is 2.27. The van der Waals surface area contributed by atoms with Crippen molar-refractivity contribution < 1.29 is 9.53 Å². The lowest BCUT2D eigenvalue weighted by atomic mass is 10.0. The van der Waals surface area contributed by atoms with Gasteiger partial charge in [-0.15, -0.1) is 0 Å². The smallest absolute Gasteiger partial charge is 0.258 e. The standard InChI is InChI=1S/C24H34N6O2/c1-3-25-24(30-13-11-19(16-30)20-14-27-29(2)15-20)26-12-10-18-4-8-22(9-5-18)32-17-23(31)28-21-6-7-21/h4-5,8-9,14-15,19,21H,3,6-7,10-13,16-17H2,1-2H3,(H,25,26)(H,28,31). The Labute approximate surface area is 190 Å². The summed E-state index contributed by atoms with van der Waals surface area (Å²) in [5.74, 6) is 2.16. The van der Waals surface area contributed by atoms with Gasteiger partial charge in [0.25, 0.3) is 5.91 Å². The molecule has 0 spiro atoms. The maximum Gasteiger partial charge on any atom is 0.258 e. The van der Waals surface area contributed by atoms with Gasteiger partial charge in [-0.25, -0.2) is 0 Å². The summed E-state index contributed by atoms with van der Waals surface area (Å²) in [6.07, 6.45) is 8.24. The number of amides is 1. The van der Waals surface area contributed by atoms with E-state index in [0.717, 1.165) is 63.6 Å². The van der Waals surface area contributed by atoms with Crippen LogP contribution in [0.25, 0.3) is 0 Å². The molecule has 4 rings (SSSR count). The average molecular weight is 439 g/mol. The molecule has 1 aromatic carbocycles. The number of nitrogens with one attached hydrogen (secondary N) is 2. The van der Waals surface area contributed by atoms with Crippen molar-refractivity contribution in [3.8, 4) is 5.75 Å². The Morgan fingerprint density at radius 1 is 1.25 bits per heavy atom. The molecule has 0 radical (unpaired) electrons. The summed E-state index contributed by atoms with van der Waals surface area (Å²) in [7, 11) is 1.96. The van der Waals surface area contributed by atoms with Crippen LogP contribution in [0.1, 0.15) is 43.2 Å². The lowest BCUT2D eigenvalue weighted by Crippen LogP contribution is -2.40. The topological polar surface area (TPSA) is 83.8 Å². The second-order valence-electron chi connectivity index (χ2n) is 8.64. The number of hydrogen-bond acceptors (Lipinski definition) is 4. The van der Waals surface area contributed by atoms with E-state index in [1.165, 1.54) is 11.1 Å². The van der Waals surface area contributed by atoms with E-state index < -0.39 is 0 Å². The van der Waals surface area contributed by atoms with Crippen LogP contribution < -0.4 is 15.4 Å². The highest BCUT2D eigenvalue weighted by Crippen LogP contribution is 2.26. The fourth-order valence-corrected chi connectivity index (χ4v) is 3.99. The van der Waals surface area contributed by atoms with E-state index >= 15 is 0 Å². The van der Waals surface area contributed by atoms with Crippen molar-refractivity contribution in [1.82, 2.24) is 25.3 Å². The molecule has 1 aromatic heterocycles. The summed E-state index contributed by atoms with van der Waals surface area (Å²) in [5.41, 5.74) is 2.51. The zero-order valence-electron chi connectivity index (χ0n) is 19.1. The lowest BCUT2D eigenvalue weighted by Gasteiger charge is -2.21. The molecular weight excluding hydrogens is 404 g/mol.